The van der Waals surface area contributed by atoms with Crippen LogP contribution in [-0.4, -0.2) is 39.3 Å². The number of quaternary nitrogens is 1. The minimum Gasteiger partial charge on any atom is -0.497 e. The Labute approximate surface area is 145 Å². The van der Waals surface area contributed by atoms with Gasteiger partial charge < -0.3 is 14.5 Å². The summed E-state index contributed by atoms with van der Waals surface area (Å²) in [6.07, 6.45) is 2.39. The zero-order chi connectivity index (χ0) is 16.8. The smallest absolute Gasteiger partial charge is 0.118 e. The van der Waals surface area contributed by atoms with Gasteiger partial charge in [0.05, 0.1) is 39.3 Å². The van der Waals surface area contributed by atoms with Gasteiger partial charge in [0.25, 0.3) is 0 Å². The molecule has 3 heteroatoms. The van der Waals surface area contributed by atoms with E-state index in [0.29, 0.717) is 6.04 Å². The summed E-state index contributed by atoms with van der Waals surface area (Å²) >= 11 is 0. The maximum Gasteiger partial charge on any atom is 0.118 e. The monoisotopic (exact) mass is 325 g/mol. The van der Waals surface area contributed by atoms with Crippen LogP contribution in [0.1, 0.15) is 18.9 Å². The van der Waals surface area contributed by atoms with Crippen molar-refractivity contribution >= 4 is 5.69 Å². The summed E-state index contributed by atoms with van der Waals surface area (Å²) in [6, 6.07) is 20.0. The highest BCUT2D eigenvalue weighted by Crippen LogP contribution is 2.14. The number of hydrogen-bond acceptors (Lipinski definition) is 2. The van der Waals surface area contributed by atoms with Crippen LogP contribution in [0.2, 0.25) is 0 Å². The van der Waals surface area contributed by atoms with Gasteiger partial charge in [0.2, 0.25) is 0 Å². The van der Waals surface area contributed by atoms with Gasteiger partial charge in [-0.15, -0.1) is 0 Å². The highest BCUT2D eigenvalue weighted by atomic mass is 16.5. The van der Waals surface area contributed by atoms with Crippen LogP contribution in [0.15, 0.2) is 54.6 Å². The standard InChI is InChI=1S/C21H28N2O/c1-18(8-9-19-10-12-21(24-2)13-11-19)22-14-16-23(17-15-22)20-6-4-3-5-7-20/h3-7,10-13,18H,8-9,14-17H2,1-2H3/p+1/t18-/m0/s1. The lowest BCUT2D eigenvalue weighted by Gasteiger charge is -2.36. The van der Waals surface area contributed by atoms with Crippen LogP contribution in [0.5, 0.6) is 5.75 Å². The molecule has 0 bridgehead atoms. The first-order chi connectivity index (χ1) is 11.8. The van der Waals surface area contributed by atoms with Gasteiger partial charge in [-0.3, -0.25) is 0 Å². The molecular weight excluding hydrogens is 296 g/mol. The number of rotatable bonds is 6. The number of piperazine rings is 1. The lowest BCUT2D eigenvalue weighted by molar-refractivity contribution is -0.924. The molecule has 128 valence electrons. The van der Waals surface area contributed by atoms with E-state index in [1.54, 1.807) is 12.0 Å². The van der Waals surface area contributed by atoms with E-state index >= 15 is 0 Å². The summed E-state index contributed by atoms with van der Waals surface area (Å²) in [7, 11) is 1.72. The number of anilines is 1. The van der Waals surface area contributed by atoms with Gasteiger partial charge in [0, 0.05) is 12.1 Å². The molecule has 0 spiro atoms. The molecule has 3 nitrogen and oxygen atoms in total. The maximum atomic E-state index is 5.23. The predicted molar refractivity (Wildman–Crippen MR) is 100 cm³/mol. The highest BCUT2D eigenvalue weighted by Gasteiger charge is 2.24. The van der Waals surface area contributed by atoms with Crippen molar-refractivity contribution in [2.75, 3.05) is 38.2 Å². The average molecular weight is 325 g/mol. The number of benzene rings is 2. The normalized spacial score (nSPS) is 16.8. The predicted octanol–water partition coefficient (Wildman–Crippen LogP) is 2.42. The first-order valence-corrected chi connectivity index (χ1v) is 9.04. The Morgan fingerprint density at radius 2 is 1.67 bits per heavy atom. The summed E-state index contributed by atoms with van der Waals surface area (Å²) in [5.74, 6) is 0.939. The Morgan fingerprint density at radius 3 is 2.29 bits per heavy atom. The zero-order valence-electron chi connectivity index (χ0n) is 14.9. The van der Waals surface area contributed by atoms with Crippen molar-refractivity contribution in [1.82, 2.24) is 0 Å². The topological polar surface area (TPSA) is 16.9 Å². The van der Waals surface area contributed by atoms with Crippen molar-refractivity contribution in [3.05, 3.63) is 60.2 Å². The first-order valence-electron chi connectivity index (χ1n) is 9.04. The Balaban J connectivity index is 1.45. The molecule has 24 heavy (non-hydrogen) atoms. The molecular formula is C21H29N2O+. The van der Waals surface area contributed by atoms with Crippen LogP contribution in [0, 0.1) is 0 Å². The summed E-state index contributed by atoms with van der Waals surface area (Å²) < 4.78 is 5.23. The minimum atomic E-state index is 0.713. The second-order valence-corrected chi connectivity index (χ2v) is 6.77. The van der Waals surface area contributed by atoms with E-state index in [0.717, 1.165) is 25.3 Å². The molecule has 1 aliphatic heterocycles. The number of para-hydroxylation sites is 1. The Bertz CT molecular complexity index is 603. The third-order valence-electron chi connectivity index (χ3n) is 5.25. The third-order valence-corrected chi connectivity index (χ3v) is 5.25. The quantitative estimate of drug-likeness (QED) is 0.878. The third kappa shape index (κ3) is 4.30. The Kier molecular flexibility index (Phi) is 5.76. The van der Waals surface area contributed by atoms with Gasteiger partial charge in [0.15, 0.2) is 0 Å². The van der Waals surface area contributed by atoms with Crippen molar-refractivity contribution < 1.29 is 9.64 Å². The molecule has 1 N–H and O–H groups in total. The van der Waals surface area contributed by atoms with Gasteiger partial charge in [0.1, 0.15) is 5.75 Å². The molecule has 0 aliphatic carbocycles. The molecule has 0 amide bonds. The van der Waals surface area contributed by atoms with Gasteiger partial charge in [-0.05, 0) is 43.2 Å². The second-order valence-electron chi connectivity index (χ2n) is 6.77. The SMILES string of the molecule is COc1ccc(CC[C@H](C)[NH+]2CCN(c3ccccc3)CC2)cc1. The highest BCUT2D eigenvalue weighted by molar-refractivity contribution is 5.46. The average Bonchev–Trinajstić information content (AvgIpc) is 2.67. The van der Waals surface area contributed by atoms with Gasteiger partial charge in [-0.25, -0.2) is 0 Å². The Morgan fingerprint density at radius 1 is 1.00 bits per heavy atom. The van der Waals surface area contributed by atoms with E-state index < -0.39 is 0 Å². The zero-order valence-corrected chi connectivity index (χ0v) is 14.9. The number of methoxy groups -OCH3 is 1. The number of ether oxygens (including phenoxy) is 1. The molecule has 1 aliphatic rings. The molecule has 2 aromatic carbocycles. The van der Waals surface area contributed by atoms with Crippen LogP contribution >= 0.6 is 0 Å². The van der Waals surface area contributed by atoms with Gasteiger partial charge in [-0.2, -0.15) is 0 Å². The number of nitrogens with one attached hydrogen (secondary N) is 1. The number of hydrogen-bond donors (Lipinski definition) is 1. The molecule has 1 fully saturated rings. The fourth-order valence-corrected chi connectivity index (χ4v) is 3.56. The van der Waals surface area contributed by atoms with E-state index in [9.17, 15) is 0 Å². The van der Waals surface area contributed by atoms with Crippen molar-refractivity contribution in [2.45, 2.75) is 25.8 Å². The van der Waals surface area contributed by atoms with E-state index in [4.69, 9.17) is 4.74 Å². The van der Waals surface area contributed by atoms with Crippen molar-refractivity contribution in [1.29, 1.82) is 0 Å². The fourth-order valence-electron chi connectivity index (χ4n) is 3.56. The van der Waals surface area contributed by atoms with Crippen molar-refractivity contribution in [2.24, 2.45) is 0 Å². The summed E-state index contributed by atoms with van der Waals surface area (Å²) in [4.78, 5) is 4.26. The van der Waals surface area contributed by atoms with E-state index in [-0.39, 0.29) is 0 Å². The summed E-state index contributed by atoms with van der Waals surface area (Å²) in [5.41, 5.74) is 2.77. The fraction of sp³-hybridized carbons (Fsp3) is 0.429. The van der Waals surface area contributed by atoms with Gasteiger partial charge >= 0.3 is 0 Å². The summed E-state index contributed by atoms with van der Waals surface area (Å²) in [5, 5.41) is 0. The number of aryl methyl sites for hydroxylation is 1. The number of nitrogens with zero attached hydrogens (tertiary/aromatic N) is 1. The van der Waals surface area contributed by atoms with Crippen LogP contribution in [0.4, 0.5) is 5.69 Å². The molecule has 1 heterocycles. The van der Waals surface area contributed by atoms with Crippen molar-refractivity contribution in [3.63, 3.8) is 0 Å². The maximum absolute atomic E-state index is 5.23. The second kappa shape index (κ2) is 8.20. The lowest BCUT2D eigenvalue weighted by Crippen LogP contribution is -3.18. The molecule has 0 saturated carbocycles. The molecule has 0 radical (unpaired) electrons. The van der Waals surface area contributed by atoms with E-state index in [1.165, 1.54) is 30.8 Å². The lowest BCUT2D eigenvalue weighted by atomic mass is 10.0. The van der Waals surface area contributed by atoms with E-state index in [1.807, 2.05) is 0 Å². The van der Waals surface area contributed by atoms with Crippen LogP contribution in [-0.2, 0) is 6.42 Å². The Hall–Kier alpha value is -2.00. The largest absolute Gasteiger partial charge is 0.497 e. The molecule has 1 saturated heterocycles. The van der Waals surface area contributed by atoms with Crippen molar-refractivity contribution in [3.8, 4) is 5.75 Å². The summed E-state index contributed by atoms with van der Waals surface area (Å²) in [6.45, 7) is 7.19. The molecule has 2 aromatic rings. The molecule has 1 atom stereocenters. The van der Waals surface area contributed by atoms with Crippen LogP contribution in [0.3, 0.4) is 0 Å². The van der Waals surface area contributed by atoms with Gasteiger partial charge in [-0.1, -0.05) is 30.3 Å². The van der Waals surface area contributed by atoms with Crippen LogP contribution < -0.4 is 14.5 Å². The minimum absolute atomic E-state index is 0.713. The molecule has 0 unspecified atom stereocenters. The molecule has 0 aromatic heterocycles. The first kappa shape index (κ1) is 16.8. The molecule has 3 rings (SSSR count). The van der Waals surface area contributed by atoms with E-state index in [2.05, 4.69) is 66.4 Å². The van der Waals surface area contributed by atoms with Crippen LogP contribution in [0.25, 0.3) is 0 Å².